The van der Waals surface area contributed by atoms with Crippen LogP contribution in [0.4, 0.5) is 0 Å². The van der Waals surface area contributed by atoms with Gasteiger partial charge in [-0.25, -0.2) is 5.48 Å². The molecule has 0 aliphatic heterocycles. The Morgan fingerprint density at radius 1 is 1.33 bits per heavy atom. The van der Waals surface area contributed by atoms with Crippen molar-refractivity contribution in [2.45, 2.75) is 20.3 Å². The summed E-state index contributed by atoms with van der Waals surface area (Å²) in [4.78, 5) is 5.42. The highest BCUT2D eigenvalue weighted by Gasteiger charge is 2.05. The lowest BCUT2D eigenvalue weighted by atomic mass is 10.1. The van der Waals surface area contributed by atoms with Crippen LogP contribution in [0.25, 0.3) is 10.8 Å². The fraction of sp³-hybridized carbons (Fsp3) is 0.222. The highest BCUT2D eigenvalue weighted by molar-refractivity contribution is 5.85. The largest absolute Gasteiger partial charge is 0.504 e. The molecule has 0 radical (unpaired) electrons. The third kappa shape index (κ3) is 4.02. The van der Waals surface area contributed by atoms with E-state index in [2.05, 4.69) is 32.0 Å². The Morgan fingerprint density at radius 3 is 2.67 bits per heavy atom. The molecule has 0 aliphatic carbocycles. The predicted octanol–water partition coefficient (Wildman–Crippen LogP) is 4.54. The molecule has 0 spiro atoms. The van der Waals surface area contributed by atoms with Crippen molar-refractivity contribution in [1.82, 2.24) is 5.48 Å². The van der Waals surface area contributed by atoms with E-state index in [1.807, 2.05) is 30.3 Å². The van der Waals surface area contributed by atoms with Crippen molar-refractivity contribution < 1.29 is 9.94 Å². The molecule has 0 heterocycles. The summed E-state index contributed by atoms with van der Waals surface area (Å²) in [7, 11) is 0. The van der Waals surface area contributed by atoms with Crippen LogP contribution in [0.3, 0.4) is 0 Å². The second-order valence-electron chi connectivity index (χ2n) is 5.14. The molecule has 2 rings (SSSR count). The average Bonchev–Trinajstić information content (AvgIpc) is 2.50. The van der Waals surface area contributed by atoms with Gasteiger partial charge in [-0.1, -0.05) is 57.2 Å². The van der Waals surface area contributed by atoms with E-state index in [0.29, 0.717) is 17.4 Å². The fourth-order valence-corrected chi connectivity index (χ4v) is 1.86. The number of aromatic hydroxyl groups is 1. The van der Waals surface area contributed by atoms with E-state index in [0.717, 1.165) is 17.2 Å². The van der Waals surface area contributed by atoms with Gasteiger partial charge in [0, 0.05) is 0 Å². The molecule has 0 saturated carbocycles. The van der Waals surface area contributed by atoms with Gasteiger partial charge in [0.2, 0.25) is 0 Å². The van der Waals surface area contributed by atoms with Gasteiger partial charge in [-0.3, -0.25) is 0 Å². The van der Waals surface area contributed by atoms with E-state index < -0.39 is 0 Å². The van der Waals surface area contributed by atoms with Gasteiger partial charge in [0.1, 0.15) is 0 Å². The Hall–Kier alpha value is -2.42. The molecule has 0 fully saturated rings. The minimum Gasteiger partial charge on any atom is -0.504 e. The van der Waals surface area contributed by atoms with Gasteiger partial charge >= 0.3 is 0 Å². The summed E-state index contributed by atoms with van der Waals surface area (Å²) < 4.78 is 0. The van der Waals surface area contributed by atoms with Crippen LogP contribution >= 0.6 is 0 Å². The Balaban J connectivity index is 2.05. The zero-order valence-corrected chi connectivity index (χ0v) is 12.5. The van der Waals surface area contributed by atoms with Crippen LogP contribution in [0, 0.1) is 5.92 Å². The second-order valence-corrected chi connectivity index (χ2v) is 5.14. The number of hydroxylamine groups is 1. The van der Waals surface area contributed by atoms with Gasteiger partial charge in [-0.05, 0) is 34.9 Å². The lowest BCUT2D eigenvalue weighted by Gasteiger charge is -2.11. The summed E-state index contributed by atoms with van der Waals surface area (Å²) in [5.74, 6) is 0.976. The normalized spacial score (nSPS) is 12.5. The van der Waals surface area contributed by atoms with E-state index in [9.17, 15) is 5.11 Å². The number of phenolic OH excluding ortho intramolecular Hbond substituents is 1. The second kappa shape index (κ2) is 6.84. The topological polar surface area (TPSA) is 41.5 Å². The maximum atomic E-state index is 9.96. The molecule has 3 heteroatoms. The first kappa shape index (κ1) is 15.0. The molecule has 1 atom stereocenters. The van der Waals surface area contributed by atoms with Gasteiger partial charge in [-0.2, -0.15) is 0 Å². The number of hydrogen-bond donors (Lipinski definition) is 2. The summed E-state index contributed by atoms with van der Waals surface area (Å²) in [6.07, 6.45) is 5.03. The van der Waals surface area contributed by atoms with Crippen LogP contribution in [0.2, 0.25) is 0 Å². The Morgan fingerprint density at radius 2 is 2.00 bits per heavy atom. The van der Waals surface area contributed by atoms with E-state index in [4.69, 9.17) is 4.84 Å². The number of fused-ring (bicyclic) bond motifs is 1. The number of hydrogen-bond acceptors (Lipinski definition) is 3. The minimum atomic E-state index is 0.0971. The minimum absolute atomic E-state index is 0.0971. The van der Waals surface area contributed by atoms with Crippen molar-refractivity contribution in [2.75, 3.05) is 0 Å². The molecule has 2 N–H and O–H groups in total. The fourth-order valence-electron chi connectivity index (χ4n) is 1.86. The van der Waals surface area contributed by atoms with Crippen LogP contribution < -0.4 is 10.3 Å². The molecule has 0 amide bonds. The average molecular weight is 283 g/mol. The zero-order valence-electron chi connectivity index (χ0n) is 12.5. The van der Waals surface area contributed by atoms with Gasteiger partial charge in [-0.15, -0.1) is 0 Å². The number of phenols is 1. The third-order valence-electron chi connectivity index (χ3n) is 3.39. The molecule has 2 aromatic carbocycles. The standard InChI is InChI=1S/C18H21NO2/c1-4-13(2)9-10-14(3)19-21-18-12-16-8-6-5-7-15(16)11-17(18)20/h5-13,19-20H,3-4H2,1-2H3/b10-9-. The third-order valence-corrected chi connectivity index (χ3v) is 3.39. The van der Waals surface area contributed by atoms with Gasteiger partial charge in [0.25, 0.3) is 0 Å². The van der Waals surface area contributed by atoms with Crippen LogP contribution in [0.1, 0.15) is 20.3 Å². The lowest BCUT2D eigenvalue weighted by Crippen LogP contribution is -2.15. The first-order valence-electron chi connectivity index (χ1n) is 7.12. The van der Waals surface area contributed by atoms with E-state index in [1.165, 1.54) is 0 Å². The Labute approximate surface area is 125 Å². The van der Waals surface area contributed by atoms with Crippen LogP contribution in [0.15, 0.2) is 60.8 Å². The van der Waals surface area contributed by atoms with Crippen molar-refractivity contribution in [2.24, 2.45) is 5.92 Å². The number of nitrogens with one attached hydrogen (secondary N) is 1. The molecule has 2 aromatic rings. The molecular formula is C18H21NO2. The molecule has 1 unspecified atom stereocenters. The molecule has 110 valence electrons. The van der Waals surface area contributed by atoms with E-state index in [-0.39, 0.29) is 5.75 Å². The number of rotatable bonds is 6. The smallest absolute Gasteiger partial charge is 0.197 e. The van der Waals surface area contributed by atoms with E-state index in [1.54, 1.807) is 12.1 Å². The van der Waals surface area contributed by atoms with Crippen LogP contribution in [0.5, 0.6) is 11.5 Å². The van der Waals surface area contributed by atoms with Gasteiger partial charge in [0.05, 0.1) is 5.70 Å². The van der Waals surface area contributed by atoms with Crippen molar-refractivity contribution in [3.8, 4) is 11.5 Å². The quantitative estimate of drug-likeness (QED) is 0.604. The summed E-state index contributed by atoms with van der Waals surface area (Å²) in [6, 6.07) is 11.3. The summed E-state index contributed by atoms with van der Waals surface area (Å²) in [6.45, 7) is 8.14. The molecule has 0 saturated heterocycles. The maximum Gasteiger partial charge on any atom is 0.197 e. The first-order valence-corrected chi connectivity index (χ1v) is 7.12. The molecule has 0 bridgehead atoms. The van der Waals surface area contributed by atoms with Crippen molar-refractivity contribution in [3.05, 3.63) is 60.8 Å². The van der Waals surface area contributed by atoms with Crippen LogP contribution in [-0.2, 0) is 0 Å². The van der Waals surface area contributed by atoms with E-state index >= 15 is 0 Å². The number of benzene rings is 2. The Bertz CT molecular complexity index is 661. The molecule has 21 heavy (non-hydrogen) atoms. The molecular weight excluding hydrogens is 262 g/mol. The summed E-state index contributed by atoms with van der Waals surface area (Å²) in [5.41, 5.74) is 3.38. The first-order chi connectivity index (χ1) is 10.1. The van der Waals surface area contributed by atoms with Crippen LogP contribution in [-0.4, -0.2) is 5.11 Å². The van der Waals surface area contributed by atoms with Gasteiger partial charge < -0.3 is 9.94 Å². The van der Waals surface area contributed by atoms with Gasteiger partial charge in [0.15, 0.2) is 11.5 Å². The molecule has 3 nitrogen and oxygen atoms in total. The van der Waals surface area contributed by atoms with Crippen molar-refractivity contribution >= 4 is 10.8 Å². The summed E-state index contributed by atoms with van der Waals surface area (Å²) >= 11 is 0. The summed E-state index contributed by atoms with van der Waals surface area (Å²) in [5, 5.41) is 11.9. The highest BCUT2D eigenvalue weighted by Crippen LogP contribution is 2.30. The number of allylic oxidation sites excluding steroid dienone is 2. The predicted molar refractivity (Wildman–Crippen MR) is 87.1 cm³/mol. The molecule has 0 aliphatic rings. The zero-order chi connectivity index (χ0) is 15.2. The SMILES string of the molecule is C=C(/C=C\C(C)CC)NOc1cc2ccccc2cc1O. The lowest BCUT2D eigenvalue weighted by molar-refractivity contribution is 0.224. The molecule has 0 aromatic heterocycles. The van der Waals surface area contributed by atoms with Crippen molar-refractivity contribution in [3.63, 3.8) is 0 Å². The maximum absolute atomic E-state index is 9.96. The Kier molecular flexibility index (Phi) is 4.88. The monoisotopic (exact) mass is 283 g/mol. The highest BCUT2D eigenvalue weighted by atomic mass is 16.6. The van der Waals surface area contributed by atoms with Crippen molar-refractivity contribution in [1.29, 1.82) is 0 Å².